The third-order valence-electron chi connectivity index (χ3n) is 9.24. The van der Waals surface area contributed by atoms with Gasteiger partial charge in [-0.25, -0.2) is 4.79 Å². The number of quaternary nitrogens is 1. The molecule has 0 N–H and O–H groups in total. The smallest absolute Gasteiger partial charge is 0.461 e. The Morgan fingerprint density at radius 2 is 1.81 bits per heavy atom. The summed E-state index contributed by atoms with van der Waals surface area (Å²) in [6, 6.07) is 4.39. The average Bonchev–Trinajstić information content (AvgIpc) is 2.92. The van der Waals surface area contributed by atoms with Crippen LogP contribution in [0, 0.1) is 21.4 Å². The second kappa shape index (κ2) is 12.2. The van der Waals surface area contributed by atoms with Gasteiger partial charge in [0.2, 0.25) is 0 Å². The van der Waals surface area contributed by atoms with Gasteiger partial charge in [-0.2, -0.15) is 9.28 Å². The van der Waals surface area contributed by atoms with Gasteiger partial charge in [0.15, 0.2) is 25.4 Å². The van der Waals surface area contributed by atoms with Crippen LogP contribution in [0.25, 0.3) is 0 Å². The van der Waals surface area contributed by atoms with Crippen molar-refractivity contribution in [3.8, 4) is 0 Å². The highest BCUT2D eigenvalue weighted by Crippen LogP contribution is 2.53. The number of imide groups is 1. The molecule has 1 aromatic rings. The Hall–Kier alpha value is -3.22. The maximum atomic E-state index is 14.0. The molecule has 3 rings (SSSR count). The van der Waals surface area contributed by atoms with Crippen LogP contribution in [0.3, 0.4) is 0 Å². The van der Waals surface area contributed by atoms with Crippen LogP contribution in [0.15, 0.2) is 36.9 Å². The van der Waals surface area contributed by atoms with Gasteiger partial charge in [0.25, 0.3) is 5.69 Å². The van der Waals surface area contributed by atoms with E-state index in [1.807, 2.05) is 13.1 Å². The molecule has 230 valence electrons. The zero-order valence-corrected chi connectivity index (χ0v) is 26.6. The molecule has 1 aliphatic carbocycles. The van der Waals surface area contributed by atoms with Gasteiger partial charge in [-0.05, 0) is 55.6 Å². The van der Waals surface area contributed by atoms with E-state index in [1.54, 1.807) is 6.92 Å². The van der Waals surface area contributed by atoms with Gasteiger partial charge in [-0.3, -0.25) is 19.7 Å². The van der Waals surface area contributed by atoms with Crippen molar-refractivity contribution in [2.45, 2.75) is 90.3 Å². The number of ketones is 1. The van der Waals surface area contributed by atoms with Crippen LogP contribution in [0.5, 0.6) is 0 Å². The van der Waals surface area contributed by atoms with E-state index < -0.39 is 59.2 Å². The SMILES string of the molecule is C=CCOC(=O)[C@@]1([C@@H]2[C@@H]([C@@H](C)O[Si](C)(C)C(C)(C)C)C(=O)[N+]2(C)C(=O)OCc2ccc([N+](=O)[O-])cc2)CCCCC1=O. The maximum absolute atomic E-state index is 14.0. The molecule has 2 fully saturated rings. The fourth-order valence-corrected chi connectivity index (χ4v) is 7.33. The number of carbonyl (C=O) groups is 4. The summed E-state index contributed by atoms with van der Waals surface area (Å²) in [6.07, 6.45) is 1.18. The molecule has 0 bridgehead atoms. The van der Waals surface area contributed by atoms with E-state index in [0.29, 0.717) is 18.4 Å². The Morgan fingerprint density at radius 1 is 1.19 bits per heavy atom. The van der Waals surface area contributed by atoms with E-state index in [-0.39, 0.29) is 42.6 Å². The number of carbonyl (C=O) groups excluding carboxylic acids is 4. The third kappa shape index (κ3) is 5.84. The summed E-state index contributed by atoms with van der Waals surface area (Å²) in [7, 11) is -1.01. The number of Topliss-reactive ketones (excluding diaryl/α,β-unsaturated/α-hetero) is 1. The summed E-state index contributed by atoms with van der Waals surface area (Å²) in [6.45, 7) is 15.3. The minimum Gasteiger partial charge on any atom is -0.461 e. The van der Waals surface area contributed by atoms with Crippen LogP contribution in [-0.2, 0) is 34.9 Å². The van der Waals surface area contributed by atoms with Crippen molar-refractivity contribution in [2.75, 3.05) is 13.7 Å². The number of esters is 1. The predicted molar refractivity (Wildman–Crippen MR) is 157 cm³/mol. The van der Waals surface area contributed by atoms with Crippen LogP contribution in [0.4, 0.5) is 10.5 Å². The highest BCUT2D eigenvalue weighted by atomic mass is 28.4. The summed E-state index contributed by atoms with van der Waals surface area (Å²) < 4.78 is 16.7. The van der Waals surface area contributed by atoms with Crippen LogP contribution >= 0.6 is 0 Å². The number of nitro groups is 1. The second-order valence-corrected chi connectivity index (χ2v) is 17.7. The van der Waals surface area contributed by atoms with Crippen LogP contribution in [0.2, 0.25) is 18.1 Å². The van der Waals surface area contributed by atoms with Crippen LogP contribution in [-0.4, -0.2) is 67.3 Å². The number of hydrogen-bond donors (Lipinski definition) is 0. The molecule has 0 radical (unpaired) electrons. The molecule has 2 amide bonds. The number of amides is 2. The number of likely N-dealkylation sites (tertiary alicyclic amines) is 1. The summed E-state index contributed by atoms with van der Waals surface area (Å²) in [4.78, 5) is 65.8. The average molecular weight is 604 g/mol. The fourth-order valence-electron chi connectivity index (χ4n) is 5.90. The van der Waals surface area contributed by atoms with Crippen LogP contribution < -0.4 is 0 Å². The quantitative estimate of drug-likeness (QED) is 0.0498. The number of nitrogens with zero attached hydrogens (tertiary/aromatic N) is 2. The summed E-state index contributed by atoms with van der Waals surface area (Å²) >= 11 is 0. The topological polar surface area (TPSA) is 139 Å². The first kappa shape index (κ1) is 33.3. The lowest BCUT2D eigenvalue weighted by Gasteiger charge is -2.56. The zero-order chi connectivity index (χ0) is 31.7. The van der Waals surface area contributed by atoms with Crippen LogP contribution in [0.1, 0.15) is 58.9 Å². The normalized spacial score (nSPS) is 27.0. The van der Waals surface area contributed by atoms with E-state index in [2.05, 4.69) is 27.4 Å². The summed E-state index contributed by atoms with van der Waals surface area (Å²) in [5, 5.41) is 10.8. The van der Waals surface area contributed by atoms with Crippen molar-refractivity contribution in [2.24, 2.45) is 11.3 Å². The molecule has 1 heterocycles. The first-order valence-electron chi connectivity index (χ1n) is 14.3. The molecule has 2 aliphatic rings. The fraction of sp³-hybridized carbons (Fsp3) is 0.600. The minimum absolute atomic E-state index is 0.114. The molecule has 1 unspecified atom stereocenters. The third-order valence-corrected chi connectivity index (χ3v) is 13.8. The van der Waals surface area contributed by atoms with Gasteiger partial charge in [0, 0.05) is 18.6 Å². The summed E-state index contributed by atoms with van der Waals surface area (Å²) in [5.74, 6) is -2.58. The molecule has 11 nitrogen and oxygen atoms in total. The summed E-state index contributed by atoms with van der Waals surface area (Å²) in [5.41, 5.74) is -1.38. The van der Waals surface area contributed by atoms with E-state index in [9.17, 15) is 29.3 Å². The predicted octanol–water partition coefficient (Wildman–Crippen LogP) is 5.47. The van der Waals surface area contributed by atoms with E-state index in [0.717, 1.165) is 0 Å². The van der Waals surface area contributed by atoms with E-state index in [1.165, 1.54) is 37.4 Å². The standard InChI is InChI=1S/C30H43N2O9Si/c1-9-18-39-27(35)30(17-11-10-12-23(30)33)25-24(20(2)41-42(7,8)29(3,4)5)26(34)32(25,6)28(36)40-19-21-13-15-22(16-14-21)31(37)38/h9,13-16,20,24-25H,1,10-12,17-19H2,2-8H3/q+1/t20-,24-,25+,30+,32?/m1/s1. The van der Waals surface area contributed by atoms with Crippen molar-refractivity contribution >= 4 is 37.8 Å². The van der Waals surface area contributed by atoms with Gasteiger partial charge >= 0.3 is 18.0 Å². The molecular weight excluding hydrogens is 560 g/mol. The molecule has 12 heteroatoms. The largest absolute Gasteiger partial charge is 0.524 e. The highest BCUT2D eigenvalue weighted by molar-refractivity contribution is 6.74. The van der Waals surface area contributed by atoms with Crippen molar-refractivity contribution < 1.29 is 42.5 Å². The van der Waals surface area contributed by atoms with Crippen molar-refractivity contribution in [3.05, 3.63) is 52.6 Å². The molecule has 1 saturated heterocycles. The first-order chi connectivity index (χ1) is 19.4. The van der Waals surface area contributed by atoms with E-state index >= 15 is 0 Å². The molecule has 42 heavy (non-hydrogen) atoms. The Bertz CT molecular complexity index is 1260. The number of rotatable bonds is 10. The Balaban J connectivity index is 2.04. The number of nitro benzene ring substituents is 1. The molecular formula is C30H43N2O9Si+. The molecule has 1 aromatic carbocycles. The lowest BCUT2D eigenvalue weighted by molar-refractivity contribution is -0.837. The first-order valence-corrected chi connectivity index (χ1v) is 17.2. The van der Waals surface area contributed by atoms with Crippen molar-refractivity contribution in [1.82, 2.24) is 0 Å². The lowest BCUT2D eigenvalue weighted by atomic mass is 9.58. The van der Waals surface area contributed by atoms with Crippen molar-refractivity contribution in [3.63, 3.8) is 0 Å². The molecule has 0 aromatic heterocycles. The van der Waals surface area contributed by atoms with Gasteiger partial charge in [0.05, 0.1) is 18.1 Å². The van der Waals surface area contributed by atoms with Gasteiger partial charge in [0.1, 0.15) is 19.3 Å². The number of ether oxygens (including phenoxy) is 2. The number of non-ortho nitro benzene ring substituents is 1. The minimum atomic E-state index is -2.39. The van der Waals surface area contributed by atoms with Gasteiger partial charge in [-0.15, -0.1) is 0 Å². The molecule has 0 spiro atoms. The van der Waals surface area contributed by atoms with Gasteiger partial charge in [-0.1, -0.05) is 39.8 Å². The zero-order valence-electron chi connectivity index (χ0n) is 25.6. The number of hydrogen-bond acceptors (Lipinski definition) is 9. The Kier molecular flexibility index (Phi) is 9.65. The Labute approximate surface area is 248 Å². The number of β-lactam (4-membered cyclic amide) rings is 1. The Morgan fingerprint density at radius 3 is 2.33 bits per heavy atom. The molecule has 1 aliphatic heterocycles. The highest BCUT2D eigenvalue weighted by Gasteiger charge is 2.78. The van der Waals surface area contributed by atoms with E-state index in [4.69, 9.17) is 13.9 Å². The molecule has 5 atom stereocenters. The monoisotopic (exact) mass is 603 g/mol. The van der Waals surface area contributed by atoms with Gasteiger partial charge < -0.3 is 13.9 Å². The molecule has 1 saturated carbocycles. The van der Waals surface area contributed by atoms with Crippen molar-refractivity contribution in [1.29, 1.82) is 0 Å². The lowest BCUT2D eigenvalue weighted by Crippen LogP contribution is -2.83. The maximum Gasteiger partial charge on any atom is 0.524 e. The second-order valence-electron chi connectivity index (χ2n) is 12.9. The number of benzene rings is 1.